The minimum absolute atomic E-state index is 0.00487. The number of benzene rings is 3. The molecule has 0 atom stereocenters. The van der Waals surface area contributed by atoms with E-state index in [1.807, 2.05) is 24.3 Å². The summed E-state index contributed by atoms with van der Waals surface area (Å²) in [7, 11) is -3.99. The van der Waals surface area contributed by atoms with Crippen LogP contribution >= 0.6 is 0 Å². The lowest BCUT2D eigenvalue weighted by Crippen LogP contribution is -3.85. The summed E-state index contributed by atoms with van der Waals surface area (Å²) >= 11 is -2.78. The zero-order chi connectivity index (χ0) is 23.7. The number of phenolic OH excluding ortho intramolecular Hbond substituents is 1. The zero-order valence-corrected chi connectivity index (χ0v) is 22.4. The summed E-state index contributed by atoms with van der Waals surface area (Å²) in [5.41, 5.74) is 2.37. The molecule has 6 heteroatoms. The predicted octanol–water partition coefficient (Wildman–Crippen LogP) is 2.97. The summed E-state index contributed by atoms with van der Waals surface area (Å²) in [5.74, 6) is 0.00912. The van der Waals surface area contributed by atoms with Crippen molar-refractivity contribution >= 4 is 10.1 Å². The molecule has 4 nitrogen and oxygen atoms in total. The van der Waals surface area contributed by atoms with E-state index in [1.54, 1.807) is 0 Å². The first kappa shape index (κ1) is 24.7. The molecule has 0 aromatic heterocycles. The van der Waals surface area contributed by atoms with Gasteiger partial charge >= 0.3 is 30.4 Å². The number of halogens is 1. The van der Waals surface area contributed by atoms with Crippen molar-refractivity contribution in [1.29, 1.82) is 0 Å². The molecule has 0 heterocycles. The first-order chi connectivity index (χ1) is 14.8. The molecule has 1 N–H and O–H groups in total. The van der Waals surface area contributed by atoms with Crippen LogP contribution in [0, 0.1) is 7.14 Å². The fraction of sp³-hybridized carbons (Fsp3) is 0.308. The third-order valence-corrected chi connectivity index (χ3v) is 12.4. The Labute approximate surface area is 199 Å². The molecule has 0 aliphatic heterocycles. The molecular formula is C26H31IO4S+. The van der Waals surface area contributed by atoms with Crippen LogP contribution in [0.1, 0.15) is 52.7 Å². The smallest absolute Gasteiger partial charge is 0.336 e. The van der Waals surface area contributed by atoms with Crippen LogP contribution in [0.5, 0.6) is 5.75 Å². The van der Waals surface area contributed by atoms with Gasteiger partial charge in [0.25, 0.3) is 0 Å². The summed E-state index contributed by atoms with van der Waals surface area (Å²) in [6.07, 6.45) is 0. The van der Waals surface area contributed by atoms with E-state index in [-0.39, 0.29) is 21.5 Å². The fourth-order valence-electron chi connectivity index (χ4n) is 3.06. The number of aromatic hydroxyl groups is 1. The van der Waals surface area contributed by atoms with Crippen molar-refractivity contribution in [2.45, 2.75) is 57.3 Å². The molecule has 3 aromatic rings. The Morgan fingerprint density at radius 1 is 0.656 bits per heavy atom. The van der Waals surface area contributed by atoms with Crippen molar-refractivity contribution in [2.75, 3.05) is 0 Å². The van der Waals surface area contributed by atoms with Crippen molar-refractivity contribution in [1.82, 2.24) is 0 Å². The highest BCUT2D eigenvalue weighted by molar-refractivity contribution is 7.86. The van der Waals surface area contributed by atoms with Crippen molar-refractivity contribution in [3.8, 4) is 5.75 Å². The van der Waals surface area contributed by atoms with Gasteiger partial charge in [-0.1, -0.05) is 65.8 Å². The molecule has 0 saturated carbocycles. The number of rotatable bonds is 5. The molecule has 3 rings (SSSR count). The fourth-order valence-corrected chi connectivity index (χ4v) is 9.95. The Balaban J connectivity index is 2.04. The van der Waals surface area contributed by atoms with Crippen LogP contribution in [0.4, 0.5) is 0 Å². The van der Waals surface area contributed by atoms with E-state index in [2.05, 4.69) is 65.8 Å². The van der Waals surface area contributed by atoms with Crippen molar-refractivity contribution < 1.29 is 36.3 Å². The molecule has 0 aliphatic rings. The van der Waals surface area contributed by atoms with Crippen LogP contribution in [0.3, 0.4) is 0 Å². The van der Waals surface area contributed by atoms with Crippen molar-refractivity contribution in [3.05, 3.63) is 91.1 Å². The molecular weight excluding hydrogens is 535 g/mol. The van der Waals surface area contributed by atoms with Crippen molar-refractivity contribution in [3.63, 3.8) is 0 Å². The molecule has 171 valence electrons. The maximum Gasteiger partial charge on any atom is 0.336 e. The van der Waals surface area contributed by atoms with E-state index in [0.717, 1.165) is 7.14 Å². The van der Waals surface area contributed by atoms with Gasteiger partial charge in [-0.25, -0.2) is 0 Å². The molecule has 0 aliphatic carbocycles. The standard InChI is InChI=1S/C26H31IO4S/c1-25(2,3)19-7-11-21(12-8-19)27(22-13-9-20(10-14-22)26(4,5)6)31-32(29,30)24-17-15-23(28)16-18-24/h7-18,28H,1-6H3/q+1. The van der Waals surface area contributed by atoms with E-state index >= 15 is 0 Å². The largest absolute Gasteiger partial charge is 0.508 e. The van der Waals surface area contributed by atoms with Crippen molar-refractivity contribution in [2.24, 2.45) is 0 Å². The van der Waals surface area contributed by atoms with E-state index < -0.39 is 30.4 Å². The van der Waals surface area contributed by atoms with Crippen LogP contribution in [0.2, 0.25) is 0 Å². The monoisotopic (exact) mass is 566 g/mol. The number of phenols is 1. The predicted molar refractivity (Wildman–Crippen MR) is 124 cm³/mol. The van der Waals surface area contributed by atoms with E-state index in [1.165, 1.54) is 35.4 Å². The average molecular weight is 567 g/mol. The average Bonchev–Trinajstić information content (AvgIpc) is 2.71. The van der Waals surface area contributed by atoms with Crippen LogP contribution in [-0.2, 0) is 23.5 Å². The molecule has 0 amide bonds. The normalized spacial score (nSPS) is 12.8. The number of hydrogen-bond acceptors (Lipinski definition) is 4. The lowest BCUT2D eigenvalue weighted by molar-refractivity contribution is -1.03. The SMILES string of the molecule is CC(C)(C)c1ccc([I+](OS(=O)(=O)c2ccc(O)cc2)c2ccc(C(C)(C)C)cc2)cc1. The van der Waals surface area contributed by atoms with Crippen LogP contribution in [0.25, 0.3) is 0 Å². The third kappa shape index (κ3) is 5.91. The second kappa shape index (κ2) is 9.15. The third-order valence-electron chi connectivity index (χ3n) is 5.09. The molecule has 0 unspecified atom stereocenters. The molecule has 3 aromatic carbocycles. The van der Waals surface area contributed by atoms with Gasteiger partial charge in [0.05, 0.1) is 4.90 Å². The maximum atomic E-state index is 13.1. The quantitative estimate of drug-likeness (QED) is 0.483. The minimum Gasteiger partial charge on any atom is -0.508 e. The second-order valence-corrected chi connectivity index (χ2v) is 16.3. The maximum absolute atomic E-state index is 13.1. The summed E-state index contributed by atoms with van der Waals surface area (Å²) in [6.45, 7) is 12.9. The first-order valence-corrected chi connectivity index (χ1v) is 14.9. The lowest BCUT2D eigenvalue weighted by Gasteiger charge is -2.19. The zero-order valence-electron chi connectivity index (χ0n) is 19.4. The molecule has 0 saturated heterocycles. The molecule has 32 heavy (non-hydrogen) atoms. The van der Waals surface area contributed by atoms with Gasteiger partial charge in [0, 0.05) is 0 Å². The first-order valence-electron chi connectivity index (χ1n) is 10.4. The molecule has 1 radical (unpaired) electrons. The van der Waals surface area contributed by atoms with Gasteiger partial charge in [0.15, 0.2) is 7.14 Å². The Bertz CT molecular complexity index is 1100. The molecule has 0 fully saturated rings. The Morgan fingerprint density at radius 3 is 1.38 bits per heavy atom. The summed E-state index contributed by atoms with van der Waals surface area (Å²) < 4.78 is 33.9. The summed E-state index contributed by atoms with van der Waals surface area (Å²) in [4.78, 5) is 0.0372. The Morgan fingerprint density at radius 2 is 1.03 bits per heavy atom. The second-order valence-electron chi connectivity index (χ2n) is 9.77. The summed E-state index contributed by atoms with van der Waals surface area (Å²) in [5, 5.41) is 9.52. The van der Waals surface area contributed by atoms with E-state index in [0.29, 0.717) is 0 Å². The van der Waals surface area contributed by atoms with Gasteiger partial charge in [0.1, 0.15) is 5.75 Å². The van der Waals surface area contributed by atoms with Gasteiger partial charge in [0.2, 0.25) is 0 Å². The topological polar surface area (TPSA) is 63.6 Å². The van der Waals surface area contributed by atoms with Gasteiger partial charge in [-0.05, 0) is 73.0 Å². The van der Waals surface area contributed by atoms with Gasteiger partial charge in [-0.15, -0.1) is 0 Å². The highest BCUT2D eigenvalue weighted by Gasteiger charge is 2.38. The van der Waals surface area contributed by atoms with Crippen LogP contribution < -0.4 is 20.2 Å². The van der Waals surface area contributed by atoms with Crippen LogP contribution in [-0.4, -0.2) is 13.5 Å². The minimum atomic E-state index is -3.99. The van der Waals surface area contributed by atoms with Gasteiger partial charge < -0.3 is 5.11 Å². The van der Waals surface area contributed by atoms with E-state index in [9.17, 15) is 13.5 Å². The Hall–Kier alpha value is -1.90. The van der Waals surface area contributed by atoms with Crippen LogP contribution in [0.15, 0.2) is 77.7 Å². The lowest BCUT2D eigenvalue weighted by atomic mass is 9.87. The molecule has 0 bridgehead atoms. The van der Waals surface area contributed by atoms with Gasteiger partial charge in [-0.2, -0.15) is 8.42 Å². The summed E-state index contributed by atoms with van der Waals surface area (Å²) in [6, 6.07) is 21.6. The molecule has 0 spiro atoms. The number of hydrogen-bond donors (Lipinski definition) is 1. The Kier molecular flexibility index (Phi) is 7.08. The van der Waals surface area contributed by atoms with Gasteiger partial charge in [-0.3, -0.25) is 0 Å². The highest BCUT2D eigenvalue weighted by atomic mass is 127. The highest BCUT2D eigenvalue weighted by Crippen LogP contribution is 2.22. The van der Waals surface area contributed by atoms with E-state index in [4.69, 9.17) is 2.51 Å².